The van der Waals surface area contributed by atoms with Crippen LogP contribution in [-0.2, 0) is 12.8 Å². The fraction of sp³-hybridized carbons (Fsp3) is 0.550. The van der Waals surface area contributed by atoms with Gasteiger partial charge in [0, 0.05) is 11.6 Å². The van der Waals surface area contributed by atoms with Crippen LogP contribution in [0, 0.1) is 0 Å². The molecule has 0 saturated carbocycles. The van der Waals surface area contributed by atoms with E-state index in [9.17, 15) is 0 Å². The molecule has 0 radical (unpaired) electrons. The standard InChI is InChI=1S/C20H28N2O2/c1-4-5-6-10-16(22(2)3)14-23-20-18-13-12-15-9-7-8-11-17(15)19(18)21-24-20/h7-9,11,16H,4-6,10,12-14H2,1-3H3. The highest BCUT2D eigenvalue weighted by atomic mass is 16.6. The predicted octanol–water partition coefficient (Wildman–Crippen LogP) is 4.33. The zero-order valence-corrected chi connectivity index (χ0v) is 15.0. The average Bonchev–Trinajstić information content (AvgIpc) is 3.01. The van der Waals surface area contributed by atoms with E-state index in [1.54, 1.807) is 0 Å². The average molecular weight is 328 g/mol. The van der Waals surface area contributed by atoms with Crippen LogP contribution in [0.15, 0.2) is 28.8 Å². The molecule has 1 atom stereocenters. The van der Waals surface area contributed by atoms with Crippen molar-refractivity contribution < 1.29 is 9.26 Å². The van der Waals surface area contributed by atoms with Gasteiger partial charge in [0.1, 0.15) is 12.3 Å². The van der Waals surface area contributed by atoms with Gasteiger partial charge in [0.15, 0.2) is 0 Å². The Hall–Kier alpha value is -1.81. The van der Waals surface area contributed by atoms with Crippen molar-refractivity contribution >= 4 is 0 Å². The number of aryl methyl sites for hydroxylation is 1. The van der Waals surface area contributed by atoms with Crippen LogP contribution in [0.1, 0.15) is 43.7 Å². The van der Waals surface area contributed by atoms with Crippen molar-refractivity contribution in [3.8, 4) is 17.2 Å². The Morgan fingerprint density at radius 2 is 2.04 bits per heavy atom. The lowest BCUT2D eigenvalue weighted by Gasteiger charge is -2.24. The SMILES string of the molecule is CCCCCC(COc1onc2c1CCc1ccccc1-2)N(C)C. The first-order valence-electron chi connectivity index (χ1n) is 9.06. The van der Waals surface area contributed by atoms with Crippen LogP contribution >= 0.6 is 0 Å². The van der Waals surface area contributed by atoms with Crippen LogP contribution < -0.4 is 4.74 Å². The third kappa shape index (κ3) is 3.64. The van der Waals surface area contributed by atoms with Gasteiger partial charge >= 0.3 is 5.95 Å². The Balaban J connectivity index is 1.68. The maximum Gasteiger partial charge on any atom is 0.315 e. The van der Waals surface area contributed by atoms with E-state index in [0.717, 1.165) is 30.5 Å². The largest absolute Gasteiger partial charge is 0.462 e. The number of aromatic nitrogens is 1. The monoisotopic (exact) mass is 328 g/mol. The lowest BCUT2D eigenvalue weighted by atomic mass is 9.90. The van der Waals surface area contributed by atoms with Crippen LogP contribution in [-0.4, -0.2) is 36.8 Å². The van der Waals surface area contributed by atoms with E-state index in [1.165, 1.54) is 30.4 Å². The van der Waals surface area contributed by atoms with E-state index in [1.807, 2.05) is 0 Å². The summed E-state index contributed by atoms with van der Waals surface area (Å²) >= 11 is 0. The molecule has 1 aromatic heterocycles. The lowest BCUT2D eigenvalue weighted by molar-refractivity contribution is 0.138. The molecule has 0 bridgehead atoms. The molecule has 1 aliphatic carbocycles. The molecule has 1 aliphatic rings. The van der Waals surface area contributed by atoms with E-state index in [4.69, 9.17) is 9.26 Å². The second kappa shape index (κ2) is 7.84. The number of hydrogen-bond acceptors (Lipinski definition) is 4. The van der Waals surface area contributed by atoms with Crippen molar-refractivity contribution in [3.05, 3.63) is 35.4 Å². The molecular formula is C20H28N2O2. The van der Waals surface area contributed by atoms with E-state index in [-0.39, 0.29) is 0 Å². The van der Waals surface area contributed by atoms with Gasteiger partial charge in [-0.25, -0.2) is 0 Å². The molecule has 4 nitrogen and oxygen atoms in total. The number of fused-ring (bicyclic) bond motifs is 3. The van der Waals surface area contributed by atoms with Gasteiger partial charge in [-0.15, -0.1) is 0 Å². The molecule has 24 heavy (non-hydrogen) atoms. The van der Waals surface area contributed by atoms with Gasteiger partial charge < -0.3 is 14.2 Å². The number of rotatable bonds is 8. The molecule has 0 spiro atoms. The first-order chi connectivity index (χ1) is 11.7. The van der Waals surface area contributed by atoms with E-state index in [0.29, 0.717) is 18.6 Å². The maximum absolute atomic E-state index is 6.04. The van der Waals surface area contributed by atoms with Gasteiger partial charge in [-0.1, -0.05) is 55.6 Å². The first kappa shape index (κ1) is 17.0. The summed E-state index contributed by atoms with van der Waals surface area (Å²) in [6.07, 6.45) is 6.88. The minimum absolute atomic E-state index is 0.410. The number of ether oxygens (including phenoxy) is 1. The number of likely N-dealkylation sites (N-methyl/N-ethyl adjacent to an activating group) is 1. The van der Waals surface area contributed by atoms with Gasteiger partial charge in [-0.05, 0) is 38.9 Å². The normalized spacial score (nSPS) is 14.3. The van der Waals surface area contributed by atoms with Crippen molar-refractivity contribution in [3.63, 3.8) is 0 Å². The highest BCUT2D eigenvalue weighted by molar-refractivity contribution is 5.70. The summed E-state index contributed by atoms with van der Waals surface area (Å²) in [6, 6.07) is 8.84. The lowest BCUT2D eigenvalue weighted by Crippen LogP contribution is -2.33. The van der Waals surface area contributed by atoms with Gasteiger partial charge in [0.25, 0.3) is 0 Å². The molecule has 2 aromatic rings. The third-order valence-electron chi connectivity index (χ3n) is 4.95. The molecule has 3 rings (SSSR count). The molecule has 130 valence electrons. The number of benzene rings is 1. The summed E-state index contributed by atoms with van der Waals surface area (Å²) in [5.74, 6) is 0.613. The number of nitrogens with zero attached hydrogens (tertiary/aromatic N) is 2. The van der Waals surface area contributed by atoms with Gasteiger partial charge in [-0.3, -0.25) is 0 Å². The molecule has 0 amide bonds. The van der Waals surface area contributed by atoms with E-state index < -0.39 is 0 Å². The number of hydrogen-bond donors (Lipinski definition) is 0. The number of unbranched alkanes of at least 4 members (excludes halogenated alkanes) is 2. The molecule has 0 N–H and O–H groups in total. The van der Waals surface area contributed by atoms with Crippen molar-refractivity contribution in [2.75, 3.05) is 20.7 Å². The summed E-state index contributed by atoms with van der Waals surface area (Å²) in [7, 11) is 4.23. The Morgan fingerprint density at radius 1 is 1.21 bits per heavy atom. The molecular weight excluding hydrogens is 300 g/mol. The molecule has 1 heterocycles. The Bertz CT molecular complexity index is 663. The van der Waals surface area contributed by atoms with Gasteiger partial charge in [-0.2, -0.15) is 0 Å². The molecule has 0 aliphatic heterocycles. The van der Waals surface area contributed by atoms with Crippen LogP contribution in [0.5, 0.6) is 5.95 Å². The van der Waals surface area contributed by atoms with Gasteiger partial charge in [0.05, 0.1) is 5.56 Å². The minimum Gasteiger partial charge on any atom is -0.462 e. The van der Waals surface area contributed by atoms with E-state index in [2.05, 4.69) is 55.3 Å². The van der Waals surface area contributed by atoms with Crippen molar-refractivity contribution in [1.82, 2.24) is 10.1 Å². The third-order valence-corrected chi connectivity index (χ3v) is 4.95. The van der Waals surface area contributed by atoms with Crippen molar-refractivity contribution in [1.29, 1.82) is 0 Å². The molecule has 4 heteroatoms. The highest BCUT2D eigenvalue weighted by Crippen LogP contribution is 2.37. The Labute approximate surface area is 144 Å². The maximum atomic E-state index is 6.04. The van der Waals surface area contributed by atoms with Crippen molar-refractivity contribution in [2.24, 2.45) is 0 Å². The molecule has 0 fully saturated rings. The quantitative estimate of drug-likeness (QED) is 0.676. The Morgan fingerprint density at radius 3 is 2.83 bits per heavy atom. The molecule has 1 aromatic carbocycles. The highest BCUT2D eigenvalue weighted by Gasteiger charge is 2.25. The second-order valence-corrected chi connectivity index (χ2v) is 6.88. The first-order valence-corrected chi connectivity index (χ1v) is 9.06. The summed E-state index contributed by atoms with van der Waals surface area (Å²) in [6.45, 7) is 2.89. The predicted molar refractivity (Wildman–Crippen MR) is 96.5 cm³/mol. The minimum atomic E-state index is 0.410. The molecule has 0 saturated heterocycles. The fourth-order valence-electron chi connectivity index (χ4n) is 3.36. The zero-order valence-electron chi connectivity index (χ0n) is 15.0. The van der Waals surface area contributed by atoms with E-state index >= 15 is 0 Å². The fourth-order valence-corrected chi connectivity index (χ4v) is 3.36. The van der Waals surface area contributed by atoms with Crippen molar-refractivity contribution in [2.45, 2.75) is 51.5 Å². The van der Waals surface area contributed by atoms with Crippen LogP contribution in [0.4, 0.5) is 0 Å². The Kier molecular flexibility index (Phi) is 5.56. The summed E-state index contributed by atoms with van der Waals surface area (Å²) < 4.78 is 11.6. The zero-order chi connectivity index (χ0) is 16.9. The van der Waals surface area contributed by atoms with Gasteiger partial charge in [0.2, 0.25) is 0 Å². The van der Waals surface area contributed by atoms with Crippen LogP contribution in [0.3, 0.4) is 0 Å². The smallest absolute Gasteiger partial charge is 0.315 e. The van der Waals surface area contributed by atoms with Crippen LogP contribution in [0.2, 0.25) is 0 Å². The van der Waals surface area contributed by atoms with Crippen LogP contribution in [0.25, 0.3) is 11.3 Å². The summed E-state index contributed by atoms with van der Waals surface area (Å²) in [5.41, 5.74) is 4.61. The summed E-state index contributed by atoms with van der Waals surface area (Å²) in [4.78, 5) is 2.24. The topological polar surface area (TPSA) is 38.5 Å². The molecule has 1 unspecified atom stereocenters. The summed E-state index contributed by atoms with van der Waals surface area (Å²) in [5, 5.41) is 4.28. The second-order valence-electron chi connectivity index (χ2n) is 6.88.